The van der Waals surface area contributed by atoms with Crippen molar-refractivity contribution in [1.29, 1.82) is 0 Å². The number of benzene rings is 2. The summed E-state index contributed by atoms with van der Waals surface area (Å²) >= 11 is 0. The van der Waals surface area contributed by atoms with Gasteiger partial charge in [0.1, 0.15) is 5.75 Å². The molecule has 0 amide bonds. The molecule has 1 aliphatic rings. The van der Waals surface area contributed by atoms with Crippen molar-refractivity contribution in [1.82, 2.24) is 15.3 Å². The van der Waals surface area contributed by atoms with Crippen molar-refractivity contribution in [3.63, 3.8) is 0 Å². The zero-order chi connectivity index (χ0) is 23.9. The molecule has 2 aromatic carbocycles. The molecule has 2 aromatic heterocycles. The summed E-state index contributed by atoms with van der Waals surface area (Å²) in [6.45, 7) is 3.95. The zero-order valence-electron chi connectivity index (χ0n) is 19.7. The molecule has 5 rings (SSSR count). The summed E-state index contributed by atoms with van der Waals surface area (Å²) in [4.78, 5) is 7.53. The molecule has 0 aliphatic heterocycles. The smallest absolute Gasteiger partial charge is 0.117 e. The van der Waals surface area contributed by atoms with Crippen LogP contribution in [-0.2, 0) is 12.8 Å². The molecule has 34 heavy (non-hydrogen) atoms. The van der Waals surface area contributed by atoms with Crippen LogP contribution in [0.2, 0.25) is 0 Å². The topological polar surface area (TPSA) is 105 Å². The van der Waals surface area contributed by atoms with Gasteiger partial charge in [0.25, 0.3) is 0 Å². The lowest BCUT2D eigenvalue weighted by Crippen LogP contribution is -2.04. The first-order valence-electron chi connectivity index (χ1n) is 11.8. The minimum Gasteiger partial charge on any atom is -0.508 e. The molecule has 0 fully saturated rings. The third kappa shape index (κ3) is 5.50. The Morgan fingerprint density at radius 3 is 2.62 bits per heavy atom. The first-order valence-corrected chi connectivity index (χ1v) is 11.8. The van der Waals surface area contributed by atoms with Crippen LogP contribution in [0.1, 0.15) is 36.3 Å². The van der Waals surface area contributed by atoms with Crippen LogP contribution in [0, 0.1) is 0 Å². The van der Waals surface area contributed by atoms with E-state index in [2.05, 4.69) is 57.1 Å². The maximum Gasteiger partial charge on any atom is 0.117 e. The molecule has 7 heteroatoms. The molecule has 7 nitrogen and oxygen atoms in total. The largest absolute Gasteiger partial charge is 0.508 e. The Kier molecular flexibility index (Phi) is 7.67. The van der Waals surface area contributed by atoms with E-state index in [0.717, 1.165) is 71.6 Å². The van der Waals surface area contributed by atoms with Crippen molar-refractivity contribution >= 4 is 28.0 Å². The molecule has 0 saturated heterocycles. The molecule has 4 aromatic rings. The van der Waals surface area contributed by atoms with Gasteiger partial charge in [0.05, 0.1) is 11.8 Å². The van der Waals surface area contributed by atoms with Crippen molar-refractivity contribution in [3.05, 3.63) is 77.7 Å². The van der Waals surface area contributed by atoms with Gasteiger partial charge in [-0.15, -0.1) is 0 Å². The molecule has 1 atom stereocenters. The summed E-state index contributed by atoms with van der Waals surface area (Å²) in [5.41, 5.74) is 7.17. The van der Waals surface area contributed by atoms with E-state index in [1.165, 1.54) is 5.56 Å². The molecule has 6 N–H and O–H groups in total. The Balaban J connectivity index is 0.000000636. The lowest BCUT2D eigenvalue weighted by molar-refractivity contribution is 0.176. The molecule has 1 unspecified atom stereocenters. The Bertz CT molecular complexity index is 1220. The number of aromatic hydroxyl groups is 1. The van der Waals surface area contributed by atoms with E-state index in [1.807, 2.05) is 25.4 Å². The number of hydrogen-bond acceptors (Lipinski definition) is 6. The van der Waals surface area contributed by atoms with Gasteiger partial charge in [-0.3, -0.25) is 4.98 Å². The minimum absolute atomic E-state index is 0.274. The van der Waals surface area contributed by atoms with Crippen LogP contribution in [0.25, 0.3) is 10.9 Å². The first-order chi connectivity index (χ1) is 16.6. The van der Waals surface area contributed by atoms with E-state index < -0.39 is 6.10 Å². The number of aliphatic hydroxyl groups is 1. The highest BCUT2D eigenvalue weighted by atomic mass is 16.3. The number of nitrogens with one attached hydrogen (secondary N) is 4. The van der Waals surface area contributed by atoms with Crippen LogP contribution >= 0.6 is 0 Å². The van der Waals surface area contributed by atoms with Crippen LogP contribution < -0.4 is 16.0 Å². The standard InChI is InChI=1S/C24H24N4O2.C3H9N/c29-18-5-6-19-15(14-27-22(19)13-18)9-11-25-16-1-3-17(4-2-16)28-21-10-12-26-24-20(21)7-8-23(24)30;1-3-4-2/h1-6,10,12-14,23,25,27,29-30H,7-9,11H2,(H,26,28);4H,3H2,1-2H3. The Morgan fingerprint density at radius 2 is 1.85 bits per heavy atom. The molecular weight excluding hydrogens is 426 g/mol. The Hall–Kier alpha value is -3.55. The summed E-state index contributed by atoms with van der Waals surface area (Å²) in [6, 6.07) is 15.6. The molecule has 1 aliphatic carbocycles. The molecule has 0 bridgehead atoms. The van der Waals surface area contributed by atoms with Gasteiger partial charge >= 0.3 is 0 Å². The maximum absolute atomic E-state index is 10.0. The quantitative estimate of drug-likeness (QED) is 0.236. The van der Waals surface area contributed by atoms with Gasteiger partial charge in [-0.1, -0.05) is 6.92 Å². The number of hydrogen-bond donors (Lipinski definition) is 6. The lowest BCUT2D eigenvalue weighted by Gasteiger charge is -2.12. The number of phenolic OH excluding ortho intramolecular Hbond substituents is 1. The van der Waals surface area contributed by atoms with Gasteiger partial charge < -0.3 is 31.1 Å². The Morgan fingerprint density at radius 1 is 1.09 bits per heavy atom. The molecule has 178 valence electrons. The van der Waals surface area contributed by atoms with E-state index in [1.54, 1.807) is 18.3 Å². The van der Waals surface area contributed by atoms with Gasteiger partial charge in [0.2, 0.25) is 0 Å². The monoisotopic (exact) mass is 459 g/mol. The van der Waals surface area contributed by atoms with E-state index in [4.69, 9.17) is 0 Å². The number of phenols is 1. The number of H-pyrrole nitrogens is 1. The molecule has 0 saturated carbocycles. The van der Waals surface area contributed by atoms with Gasteiger partial charge in [-0.05, 0) is 86.4 Å². The fourth-order valence-corrected chi connectivity index (χ4v) is 4.14. The molecule has 0 spiro atoms. The lowest BCUT2D eigenvalue weighted by atomic mass is 10.1. The summed E-state index contributed by atoms with van der Waals surface area (Å²) in [6.07, 6.45) is 5.77. The summed E-state index contributed by atoms with van der Waals surface area (Å²) in [5.74, 6) is 0.274. The summed E-state index contributed by atoms with van der Waals surface area (Å²) < 4.78 is 0. The third-order valence-corrected chi connectivity index (χ3v) is 6.06. The average molecular weight is 460 g/mol. The van der Waals surface area contributed by atoms with Crippen LogP contribution in [0.4, 0.5) is 17.1 Å². The van der Waals surface area contributed by atoms with Gasteiger partial charge in [0.15, 0.2) is 0 Å². The van der Waals surface area contributed by atoms with Crippen molar-refractivity contribution in [2.45, 2.75) is 32.3 Å². The average Bonchev–Trinajstić information content (AvgIpc) is 3.44. The number of rotatable bonds is 7. The highest BCUT2D eigenvalue weighted by Gasteiger charge is 2.24. The van der Waals surface area contributed by atoms with Crippen LogP contribution in [0.3, 0.4) is 0 Å². The van der Waals surface area contributed by atoms with Crippen molar-refractivity contribution in [3.8, 4) is 5.75 Å². The number of fused-ring (bicyclic) bond motifs is 2. The van der Waals surface area contributed by atoms with Crippen LogP contribution in [0.5, 0.6) is 5.75 Å². The normalized spacial score (nSPS) is 14.4. The highest BCUT2D eigenvalue weighted by molar-refractivity contribution is 5.84. The third-order valence-electron chi connectivity index (χ3n) is 6.06. The minimum atomic E-state index is -0.448. The number of aromatic nitrogens is 2. The van der Waals surface area contributed by atoms with E-state index in [-0.39, 0.29) is 5.75 Å². The second kappa shape index (κ2) is 11.0. The number of aliphatic hydroxyl groups excluding tert-OH is 1. The predicted molar refractivity (Wildman–Crippen MR) is 139 cm³/mol. The number of aromatic amines is 1. The SMILES string of the molecule is CCNC.Oc1ccc2c(CCNc3ccc(Nc4ccnc5c4CCC5O)cc3)c[nH]c2c1. The van der Waals surface area contributed by atoms with E-state index in [9.17, 15) is 10.2 Å². The van der Waals surface area contributed by atoms with Gasteiger partial charge in [-0.25, -0.2) is 0 Å². The number of pyridine rings is 1. The second-order valence-corrected chi connectivity index (χ2v) is 8.41. The Labute approximate surface area is 200 Å². The van der Waals surface area contributed by atoms with Gasteiger partial charge in [0, 0.05) is 53.0 Å². The van der Waals surface area contributed by atoms with Crippen molar-refractivity contribution < 1.29 is 10.2 Å². The van der Waals surface area contributed by atoms with E-state index >= 15 is 0 Å². The molecule has 2 heterocycles. The fraction of sp³-hybridized carbons (Fsp3) is 0.296. The number of anilines is 3. The summed E-state index contributed by atoms with van der Waals surface area (Å²) in [5, 5.41) is 30.6. The summed E-state index contributed by atoms with van der Waals surface area (Å²) in [7, 11) is 1.93. The van der Waals surface area contributed by atoms with E-state index in [0.29, 0.717) is 0 Å². The highest BCUT2D eigenvalue weighted by Crippen LogP contribution is 2.35. The van der Waals surface area contributed by atoms with Crippen molar-refractivity contribution in [2.75, 3.05) is 30.8 Å². The number of nitrogens with zero attached hydrogens (tertiary/aromatic N) is 1. The second-order valence-electron chi connectivity index (χ2n) is 8.41. The van der Waals surface area contributed by atoms with Crippen LogP contribution in [0.15, 0.2) is 60.9 Å². The fourth-order valence-electron chi connectivity index (χ4n) is 4.14. The molecule has 0 radical (unpaired) electrons. The molecular formula is C27H33N5O2. The predicted octanol–water partition coefficient (Wildman–Crippen LogP) is 4.87. The van der Waals surface area contributed by atoms with Crippen LogP contribution in [-0.4, -0.2) is 40.3 Å². The first kappa shape index (κ1) is 23.6. The van der Waals surface area contributed by atoms with Gasteiger partial charge in [-0.2, -0.15) is 0 Å². The maximum atomic E-state index is 10.0. The van der Waals surface area contributed by atoms with Crippen molar-refractivity contribution in [2.24, 2.45) is 0 Å². The zero-order valence-corrected chi connectivity index (χ0v) is 19.7.